The Balaban J connectivity index is 2.77. The summed E-state index contributed by atoms with van der Waals surface area (Å²) >= 11 is 0. The van der Waals surface area contributed by atoms with E-state index in [0.717, 1.165) is 6.54 Å². The molecule has 1 saturated heterocycles. The molecule has 0 aromatic heterocycles. The average molecular weight is 235 g/mol. The maximum Gasteiger partial charge on any atom is 0.0639 e. The monoisotopic (exact) mass is 235 g/mol. The van der Waals surface area contributed by atoms with Gasteiger partial charge < -0.3 is 4.74 Å². The molecule has 0 bridgehead atoms. The summed E-state index contributed by atoms with van der Waals surface area (Å²) in [5.41, 5.74) is 0.165. The van der Waals surface area contributed by atoms with Gasteiger partial charge in [0.2, 0.25) is 0 Å². The molecule has 1 aliphatic heterocycles. The van der Waals surface area contributed by atoms with Crippen LogP contribution in [0.3, 0.4) is 0 Å². The van der Waals surface area contributed by atoms with Crippen molar-refractivity contribution < 1.29 is 4.74 Å². The normalized spacial score (nSPS) is 26.2. The molecule has 0 saturated carbocycles. The molecule has 17 heavy (non-hydrogen) atoms. The summed E-state index contributed by atoms with van der Waals surface area (Å²) in [5.74, 6) is 0. The zero-order valence-electron chi connectivity index (χ0n) is 10.9. The molecule has 1 fully saturated rings. The van der Waals surface area contributed by atoms with Gasteiger partial charge >= 0.3 is 0 Å². The maximum atomic E-state index is 8.85. The van der Waals surface area contributed by atoms with Crippen LogP contribution in [-0.2, 0) is 4.74 Å². The molecular formula is C13H21N3O. The molecule has 94 valence electrons. The molecule has 0 radical (unpaired) electrons. The predicted molar refractivity (Wildman–Crippen MR) is 65.0 cm³/mol. The highest BCUT2D eigenvalue weighted by Gasteiger charge is 2.33. The molecule has 0 aromatic rings. The van der Waals surface area contributed by atoms with Crippen LogP contribution in [0.15, 0.2) is 0 Å². The van der Waals surface area contributed by atoms with Gasteiger partial charge in [0.25, 0.3) is 0 Å². The van der Waals surface area contributed by atoms with Gasteiger partial charge in [-0.15, -0.1) is 0 Å². The highest BCUT2D eigenvalue weighted by molar-refractivity contribution is 4.94. The Morgan fingerprint density at radius 3 is 1.94 bits per heavy atom. The fourth-order valence-corrected chi connectivity index (χ4v) is 2.20. The summed E-state index contributed by atoms with van der Waals surface area (Å²) in [6, 6.07) is 4.68. The van der Waals surface area contributed by atoms with Crippen molar-refractivity contribution in [2.24, 2.45) is 5.41 Å². The van der Waals surface area contributed by atoms with Crippen molar-refractivity contribution in [1.82, 2.24) is 4.90 Å². The summed E-state index contributed by atoms with van der Waals surface area (Å²) in [7, 11) is 0. The Labute approximate surface area is 104 Å². The van der Waals surface area contributed by atoms with Gasteiger partial charge in [-0.1, -0.05) is 20.8 Å². The van der Waals surface area contributed by atoms with E-state index in [9.17, 15) is 0 Å². The molecule has 1 heterocycles. The second kappa shape index (κ2) is 6.00. The van der Waals surface area contributed by atoms with Gasteiger partial charge in [0.1, 0.15) is 0 Å². The van der Waals surface area contributed by atoms with Crippen molar-refractivity contribution in [2.75, 3.05) is 19.8 Å². The van der Waals surface area contributed by atoms with Crippen molar-refractivity contribution in [2.45, 2.75) is 45.7 Å². The van der Waals surface area contributed by atoms with Crippen LogP contribution in [-0.4, -0.2) is 36.7 Å². The van der Waals surface area contributed by atoms with Gasteiger partial charge in [0.15, 0.2) is 0 Å². The van der Waals surface area contributed by atoms with Gasteiger partial charge in [-0.05, 0) is 5.41 Å². The van der Waals surface area contributed by atoms with Crippen molar-refractivity contribution >= 4 is 0 Å². The first-order chi connectivity index (χ1) is 7.98. The van der Waals surface area contributed by atoms with Crippen LogP contribution in [0.4, 0.5) is 0 Å². The van der Waals surface area contributed by atoms with Crippen molar-refractivity contribution in [1.29, 1.82) is 10.5 Å². The third-order valence-corrected chi connectivity index (χ3v) is 2.87. The van der Waals surface area contributed by atoms with Gasteiger partial charge in [-0.3, -0.25) is 4.90 Å². The number of nitriles is 2. The standard InChI is InChI=1S/C13H21N3O/c1-13(2,3)10-16-11(4-6-14)8-17-9-12(16)5-7-15/h11-12H,4-5,8-10H2,1-3H3/t11-,12+. The van der Waals surface area contributed by atoms with Crippen LogP contribution in [0.2, 0.25) is 0 Å². The van der Waals surface area contributed by atoms with E-state index in [1.807, 2.05) is 0 Å². The van der Waals surface area contributed by atoms with E-state index in [-0.39, 0.29) is 17.5 Å². The Bertz CT molecular complexity index is 297. The average Bonchev–Trinajstić information content (AvgIpc) is 2.21. The lowest BCUT2D eigenvalue weighted by molar-refractivity contribution is -0.0584. The van der Waals surface area contributed by atoms with Gasteiger partial charge in [0.05, 0.1) is 38.2 Å². The first-order valence-electron chi connectivity index (χ1n) is 6.05. The lowest BCUT2D eigenvalue weighted by atomic mass is 9.93. The van der Waals surface area contributed by atoms with Crippen molar-refractivity contribution in [3.05, 3.63) is 0 Å². The Hall–Kier alpha value is -1.10. The number of nitrogens with zero attached hydrogens (tertiary/aromatic N) is 3. The lowest BCUT2D eigenvalue weighted by Gasteiger charge is -2.43. The van der Waals surface area contributed by atoms with E-state index in [4.69, 9.17) is 15.3 Å². The molecule has 0 unspecified atom stereocenters. The summed E-state index contributed by atoms with van der Waals surface area (Å²) in [6.07, 6.45) is 0.940. The smallest absolute Gasteiger partial charge is 0.0639 e. The number of rotatable bonds is 3. The predicted octanol–water partition coefficient (Wildman–Crippen LogP) is 1.93. The van der Waals surface area contributed by atoms with E-state index >= 15 is 0 Å². The van der Waals surface area contributed by atoms with Crippen molar-refractivity contribution in [3.8, 4) is 12.1 Å². The number of hydrogen-bond acceptors (Lipinski definition) is 4. The van der Waals surface area contributed by atoms with Gasteiger partial charge in [0, 0.05) is 18.6 Å². The molecule has 2 atom stereocenters. The molecule has 0 spiro atoms. The van der Waals surface area contributed by atoms with Crippen LogP contribution < -0.4 is 0 Å². The van der Waals surface area contributed by atoms with Crippen LogP contribution in [0.5, 0.6) is 0 Å². The van der Waals surface area contributed by atoms with E-state index in [0.29, 0.717) is 26.1 Å². The minimum atomic E-state index is 0.131. The third kappa shape index (κ3) is 4.34. The van der Waals surface area contributed by atoms with E-state index in [1.165, 1.54) is 0 Å². The van der Waals surface area contributed by atoms with Gasteiger partial charge in [-0.25, -0.2) is 0 Å². The second-order valence-corrected chi connectivity index (χ2v) is 5.80. The molecule has 0 aromatic carbocycles. The third-order valence-electron chi connectivity index (χ3n) is 2.87. The summed E-state index contributed by atoms with van der Waals surface area (Å²) in [4.78, 5) is 2.29. The first-order valence-corrected chi connectivity index (χ1v) is 6.05. The fraction of sp³-hybridized carbons (Fsp3) is 0.846. The minimum Gasteiger partial charge on any atom is -0.378 e. The van der Waals surface area contributed by atoms with Crippen molar-refractivity contribution in [3.63, 3.8) is 0 Å². The highest BCUT2D eigenvalue weighted by atomic mass is 16.5. The highest BCUT2D eigenvalue weighted by Crippen LogP contribution is 2.24. The number of morpholine rings is 1. The molecule has 1 aliphatic rings. The number of hydrogen-bond donors (Lipinski definition) is 0. The molecule has 1 rings (SSSR count). The lowest BCUT2D eigenvalue weighted by Crippen LogP contribution is -2.54. The quantitative estimate of drug-likeness (QED) is 0.750. The van der Waals surface area contributed by atoms with Crippen LogP contribution in [0.1, 0.15) is 33.6 Å². The molecule has 0 amide bonds. The Morgan fingerprint density at radius 2 is 1.59 bits per heavy atom. The maximum absolute atomic E-state index is 8.85. The first kappa shape index (κ1) is 14.0. The van der Waals surface area contributed by atoms with Gasteiger partial charge in [-0.2, -0.15) is 10.5 Å². The zero-order valence-corrected chi connectivity index (χ0v) is 10.9. The van der Waals surface area contributed by atoms with Crippen LogP contribution in [0, 0.1) is 28.1 Å². The zero-order chi connectivity index (χ0) is 12.9. The second-order valence-electron chi connectivity index (χ2n) is 5.80. The van der Waals surface area contributed by atoms with Crippen LogP contribution in [0.25, 0.3) is 0 Å². The minimum absolute atomic E-state index is 0.131. The van der Waals surface area contributed by atoms with E-state index in [1.54, 1.807) is 0 Å². The Morgan fingerprint density at radius 1 is 1.12 bits per heavy atom. The largest absolute Gasteiger partial charge is 0.378 e. The van der Waals surface area contributed by atoms with Crippen LogP contribution >= 0.6 is 0 Å². The summed E-state index contributed by atoms with van der Waals surface area (Å²) in [5, 5.41) is 17.7. The Kier molecular flexibility index (Phi) is 4.93. The summed E-state index contributed by atoms with van der Waals surface area (Å²) in [6.45, 7) is 8.63. The SMILES string of the molecule is CC(C)(C)CN1[C@H](CC#N)COC[C@@H]1CC#N. The fourth-order valence-electron chi connectivity index (χ4n) is 2.20. The topological polar surface area (TPSA) is 60.1 Å². The van der Waals surface area contributed by atoms with E-state index in [2.05, 4.69) is 37.8 Å². The van der Waals surface area contributed by atoms with E-state index < -0.39 is 0 Å². The molecule has 4 nitrogen and oxygen atoms in total. The number of ether oxygens (including phenoxy) is 1. The molecule has 4 heteroatoms. The molecule has 0 aliphatic carbocycles. The molecule has 0 N–H and O–H groups in total. The summed E-state index contributed by atoms with van der Waals surface area (Å²) < 4.78 is 5.50. The molecular weight excluding hydrogens is 214 g/mol.